The van der Waals surface area contributed by atoms with Gasteiger partial charge in [-0.1, -0.05) is 74.5 Å². The first-order chi connectivity index (χ1) is 17.3. The number of benzene rings is 2. The van der Waals surface area contributed by atoms with Crippen molar-refractivity contribution in [2.75, 3.05) is 0 Å². The summed E-state index contributed by atoms with van der Waals surface area (Å²) in [6.45, 7) is 5.89. The molecule has 8 nitrogen and oxygen atoms in total. The van der Waals surface area contributed by atoms with Gasteiger partial charge in [0.25, 0.3) is 5.91 Å². The zero-order chi connectivity index (χ0) is 26.1. The van der Waals surface area contributed by atoms with Gasteiger partial charge in [0.05, 0.1) is 0 Å². The predicted molar refractivity (Wildman–Crippen MR) is 138 cm³/mol. The van der Waals surface area contributed by atoms with Crippen LogP contribution < -0.4 is 16.4 Å². The van der Waals surface area contributed by atoms with Gasteiger partial charge in [-0.25, -0.2) is 4.79 Å². The molecular weight excluding hydrogens is 456 g/mol. The predicted octanol–water partition coefficient (Wildman–Crippen LogP) is 4.37. The van der Waals surface area contributed by atoms with Crippen molar-refractivity contribution in [2.45, 2.75) is 45.9 Å². The minimum absolute atomic E-state index is 0.167. The maximum Gasteiger partial charge on any atom is 0.408 e. The molecule has 0 aliphatic heterocycles. The molecule has 0 bridgehead atoms. The highest BCUT2D eigenvalue weighted by Gasteiger charge is 2.23. The summed E-state index contributed by atoms with van der Waals surface area (Å²) < 4.78 is 5.49. The molecule has 3 rings (SSSR count). The summed E-state index contributed by atoms with van der Waals surface area (Å²) in [6, 6.07) is 19.6. The molecule has 0 spiro atoms. The highest BCUT2D eigenvalue weighted by atomic mass is 16.6. The smallest absolute Gasteiger partial charge is 0.408 e. The lowest BCUT2D eigenvalue weighted by Crippen LogP contribution is -2.45. The average molecular weight is 489 g/mol. The van der Waals surface area contributed by atoms with Crippen LogP contribution in [0.4, 0.5) is 4.79 Å². The number of hydrogen-bond acceptors (Lipinski definition) is 5. The molecule has 1 heterocycles. The number of ether oxygens (including phenoxy) is 1. The second-order valence-electron chi connectivity index (χ2n) is 8.93. The molecule has 0 radical (unpaired) electrons. The number of amides is 3. The van der Waals surface area contributed by atoms with Crippen molar-refractivity contribution in [3.63, 3.8) is 0 Å². The molecule has 2 aromatic carbocycles. The second kappa shape index (κ2) is 12.5. The van der Waals surface area contributed by atoms with Crippen molar-refractivity contribution >= 4 is 17.9 Å². The maximum absolute atomic E-state index is 13.1. The number of aromatic nitrogens is 1. The Morgan fingerprint density at radius 2 is 1.58 bits per heavy atom. The average Bonchev–Trinajstić information content (AvgIpc) is 2.87. The first kappa shape index (κ1) is 26.4. The van der Waals surface area contributed by atoms with Gasteiger partial charge in [-0.15, -0.1) is 0 Å². The number of pyridine rings is 1. The van der Waals surface area contributed by atoms with Crippen LogP contribution in [0.5, 0.6) is 0 Å². The van der Waals surface area contributed by atoms with E-state index in [2.05, 4.69) is 15.6 Å². The van der Waals surface area contributed by atoms with E-state index >= 15 is 0 Å². The Bertz CT molecular complexity index is 1200. The molecule has 0 aliphatic carbocycles. The van der Waals surface area contributed by atoms with Crippen LogP contribution in [0.2, 0.25) is 0 Å². The summed E-state index contributed by atoms with van der Waals surface area (Å²) >= 11 is 0. The van der Waals surface area contributed by atoms with Gasteiger partial charge in [0.15, 0.2) is 0 Å². The van der Waals surface area contributed by atoms with E-state index in [9.17, 15) is 14.4 Å². The Kier molecular flexibility index (Phi) is 9.16. The molecule has 0 aliphatic rings. The quantitative estimate of drug-likeness (QED) is 0.391. The van der Waals surface area contributed by atoms with Crippen molar-refractivity contribution < 1.29 is 19.1 Å². The standard InChI is InChI=1S/C28H32N4O4/c1-18(2)16-24(26(29)33)32-27(34)25-23(14-9-15-30-25)22-13-8-7-12-21(22)17-31-28(35)36-19(3)20-10-5-4-6-11-20/h4-15,18-19,24H,16-17H2,1-3H3,(H2,29,33)(H,31,35)(H,32,34)/t19-,24-/m0/s1. The van der Waals surface area contributed by atoms with E-state index in [1.807, 2.05) is 75.4 Å². The van der Waals surface area contributed by atoms with Crippen LogP contribution in [0, 0.1) is 5.92 Å². The zero-order valence-corrected chi connectivity index (χ0v) is 20.7. The molecule has 3 amide bonds. The minimum atomic E-state index is -0.800. The lowest BCUT2D eigenvalue weighted by Gasteiger charge is -2.19. The second-order valence-corrected chi connectivity index (χ2v) is 8.93. The van der Waals surface area contributed by atoms with Gasteiger partial charge in [0.2, 0.25) is 5.91 Å². The van der Waals surface area contributed by atoms with Crippen molar-refractivity contribution in [3.05, 3.63) is 89.7 Å². The number of hydrogen-bond donors (Lipinski definition) is 3. The van der Waals surface area contributed by atoms with Gasteiger partial charge in [-0.3, -0.25) is 14.6 Å². The number of nitrogens with two attached hydrogens (primary N) is 1. The van der Waals surface area contributed by atoms with Gasteiger partial charge in [-0.2, -0.15) is 0 Å². The Labute approximate surface area is 211 Å². The van der Waals surface area contributed by atoms with E-state index in [4.69, 9.17) is 10.5 Å². The van der Waals surface area contributed by atoms with E-state index in [0.29, 0.717) is 12.0 Å². The van der Waals surface area contributed by atoms with Crippen LogP contribution in [-0.2, 0) is 16.1 Å². The number of carbonyl (C=O) groups is 3. The van der Waals surface area contributed by atoms with Gasteiger partial charge < -0.3 is 21.1 Å². The fourth-order valence-corrected chi connectivity index (χ4v) is 3.85. The van der Waals surface area contributed by atoms with Crippen LogP contribution in [0.3, 0.4) is 0 Å². The fourth-order valence-electron chi connectivity index (χ4n) is 3.85. The summed E-state index contributed by atoms with van der Waals surface area (Å²) in [5, 5.41) is 5.50. The lowest BCUT2D eigenvalue weighted by molar-refractivity contribution is -0.120. The Hall–Kier alpha value is -4.20. The SMILES string of the molecule is CC(C)C[C@H](NC(=O)c1ncccc1-c1ccccc1CNC(=O)O[C@@H](C)c1ccccc1)C(N)=O. The third-order valence-corrected chi connectivity index (χ3v) is 5.66. The molecule has 0 saturated heterocycles. The largest absolute Gasteiger partial charge is 0.442 e. The van der Waals surface area contributed by atoms with Gasteiger partial charge in [0.1, 0.15) is 17.8 Å². The van der Waals surface area contributed by atoms with Crippen LogP contribution in [0.1, 0.15) is 54.9 Å². The molecule has 2 atom stereocenters. The Morgan fingerprint density at radius 1 is 0.917 bits per heavy atom. The fraction of sp³-hybridized carbons (Fsp3) is 0.286. The molecule has 0 saturated carbocycles. The monoisotopic (exact) mass is 488 g/mol. The third kappa shape index (κ3) is 7.15. The highest BCUT2D eigenvalue weighted by molar-refractivity contribution is 6.01. The van der Waals surface area contributed by atoms with Crippen LogP contribution >= 0.6 is 0 Å². The van der Waals surface area contributed by atoms with Crippen molar-refractivity contribution in [1.82, 2.24) is 15.6 Å². The third-order valence-electron chi connectivity index (χ3n) is 5.66. The number of primary amides is 1. The molecule has 3 aromatic rings. The Morgan fingerprint density at radius 3 is 2.28 bits per heavy atom. The summed E-state index contributed by atoms with van der Waals surface area (Å²) in [4.78, 5) is 41.7. The molecule has 0 unspecified atom stereocenters. The van der Waals surface area contributed by atoms with Gasteiger partial charge in [-0.05, 0) is 42.0 Å². The molecule has 1 aromatic heterocycles. The number of rotatable bonds is 10. The zero-order valence-electron chi connectivity index (χ0n) is 20.7. The van der Waals surface area contributed by atoms with Gasteiger partial charge >= 0.3 is 6.09 Å². The molecule has 188 valence electrons. The summed E-state index contributed by atoms with van der Waals surface area (Å²) in [6.07, 6.45) is 0.985. The number of nitrogens with zero attached hydrogens (tertiary/aromatic N) is 1. The first-order valence-corrected chi connectivity index (χ1v) is 11.9. The maximum atomic E-state index is 13.1. The molecular formula is C28H32N4O4. The van der Waals surface area contributed by atoms with Crippen molar-refractivity contribution in [2.24, 2.45) is 11.7 Å². The number of carbonyl (C=O) groups excluding carboxylic acids is 3. The van der Waals surface area contributed by atoms with E-state index in [0.717, 1.165) is 16.7 Å². The van der Waals surface area contributed by atoms with Crippen LogP contribution in [-0.4, -0.2) is 28.9 Å². The number of nitrogens with one attached hydrogen (secondary N) is 2. The lowest BCUT2D eigenvalue weighted by atomic mass is 9.97. The first-order valence-electron chi connectivity index (χ1n) is 11.9. The van der Waals surface area contributed by atoms with E-state index in [1.54, 1.807) is 12.1 Å². The summed E-state index contributed by atoms with van der Waals surface area (Å²) in [5.41, 5.74) is 8.64. The normalized spacial score (nSPS) is 12.4. The van der Waals surface area contributed by atoms with Crippen molar-refractivity contribution in [3.8, 4) is 11.1 Å². The molecule has 8 heteroatoms. The van der Waals surface area contributed by atoms with Crippen molar-refractivity contribution in [1.29, 1.82) is 0 Å². The highest BCUT2D eigenvalue weighted by Crippen LogP contribution is 2.26. The summed E-state index contributed by atoms with van der Waals surface area (Å²) in [5.74, 6) is -0.918. The molecule has 4 N–H and O–H groups in total. The minimum Gasteiger partial charge on any atom is -0.442 e. The van der Waals surface area contributed by atoms with Crippen LogP contribution in [0.25, 0.3) is 11.1 Å². The molecule has 0 fully saturated rings. The number of alkyl carbamates (subject to hydrolysis) is 1. The van der Waals surface area contributed by atoms with Gasteiger partial charge in [0, 0.05) is 18.3 Å². The van der Waals surface area contributed by atoms with E-state index < -0.39 is 30.1 Å². The topological polar surface area (TPSA) is 123 Å². The molecule has 36 heavy (non-hydrogen) atoms. The van der Waals surface area contributed by atoms with E-state index in [1.165, 1.54) is 6.20 Å². The Balaban J connectivity index is 1.76. The van der Waals surface area contributed by atoms with E-state index in [-0.39, 0.29) is 18.2 Å². The van der Waals surface area contributed by atoms with Crippen LogP contribution in [0.15, 0.2) is 72.9 Å². The summed E-state index contributed by atoms with van der Waals surface area (Å²) in [7, 11) is 0.